The maximum Gasteiger partial charge on any atom is 0.259 e. The van der Waals surface area contributed by atoms with E-state index < -0.39 is 18.2 Å². The van der Waals surface area contributed by atoms with Crippen molar-refractivity contribution < 1.29 is 14.7 Å². The number of aliphatic hydroxyl groups is 1. The van der Waals surface area contributed by atoms with Crippen LogP contribution in [-0.2, 0) is 9.59 Å². The van der Waals surface area contributed by atoms with Crippen molar-refractivity contribution in [1.29, 1.82) is 0 Å². The highest BCUT2D eigenvalue weighted by molar-refractivity contribution is 6.19. The van der Waals surface area contributed by atoms with Crippen LogP contribution in [0.3, 0.4) is 0 Å². The molecule has 88 valence electrons. The van der Waals surface area contributed by atoms with Gasteiger partial charge in [0.15, 0.2) is 0 Å². The molecule has 2 amide bonds. The third-order valence-electron chi connectivity index (χ3n) is 3.08. The van der Waals surface area contributed by atoms with Gasteiger partial charge in [0, 0.05) is 0 Å². The third kappa shape index (κ3) is 2.41. The molecule has 16 heavy (non-hydrogen) atoms. The molecular formula is C11H16N2O3. The SMILES string of the molecule is O=C1NC(O)NC(=O)C1=CC1CCCCC1. The van der Waals surface area contributed by atoms with Gasteiger partial charge in [-0.15, -0.1) is 0 Å². The lowest BCUT2D eigenvalue weighted by molar-refractivity contribution is -0.132. The van der Waals surface area contributed by atoms with Crippen LogP contribution in [0.2, 0.25) is 0 Å². The van der Waals surface area contributed by atoms with Gasteiger partial charge in [0.1, 0.15) is 5.57 Å². The lowest BCUT2D eigenvalue weighted by Crippen LogP contribution is -2.55. The van der Waals surface area contributed by atoms with E-state index in [0.717, 1.165) is 25.7 Å². The molecule has 2 aliphatic rings. The van der Waals surface area contributed by atoms with Crippen LogP contribution in [0.4, 0.5) is 0 Å². The largest absolute Gasteiger partial charge is 0.356 e. The summed E-state index contributed by atoms with van der Waals surface area (Å²) in [4.78, 5) is 23.0. The predicted molar refractivity (Wildman–Crippen MR) is 57.0 cm³/mol. The van der Waals surface area contributed by atoms with Crippen molar-refractivity contribution in [3.05, 3.63) is 11.6 Å². The normalized spacial score (nSPS) is 27.3. The van der Waals surface area contributed by atoms with E-state index in [0.29, 0.717) is 5.92 Å². The van der Waals surface area contributed by atoms with Crippen LogP contribution >= 0.6 is 0 Å². The molecule has 5 nitrogen and oxygen atoms in total. The van der Waals surface area contributed by atoms with Crippen molar-refractivity contribution in [2.75, 3.05) is 0 Å². The van der Waals surface area contributed by atoms with Crippen LogP contribution in [0.25, 0.3) is 0 Å². The molecule has 1 aliphatic heterocycles. The minimum atomic E-state index is -1.26. The molecule has 0 radical (unpaired) electrons. The van der Waals surface area contributed by atoms with Crippen molar-refractivity contribution in [3.63, 3.8) is 0 Å². The average Bonchev–Trinajstić information content (AvgIpc) is 2.25. The first kappa shape index (κ1) is 11.1. The molecule has 2 rings (SSSR count). The highest BCUT2D eigenvalue weighted by Gasteiger charge is 2.28. The van der Waals surface area contributed by atoms with Gasteiger partial charge in [-0.3, -0.25) is 9.59 Å². The molecule has 0 aromatic rings. The van der Waals surface area contributed by atoms with Crippen molar-refractivity contribution >= 4 is 11.8 Å². The van der Waals surface area contributed by atoms with Crippen LogP contribution in [0.15, 0.2) is 11.6 Å². The van der Waals surface area contributed by atoms with E-state index in [-0.39, 0.29) is 5.57 Å². The van der Waals surface area contributed by atoms with Crippen molar-refractivity contribution in [1.82, 2.24) is 10.6 Å². The molecular weight excluding hydrogens is 208 g/mol. The van der Waals surface area contributed by atoms with Crippen molar-refractivity contribution in [3.8, 4) is 0 Å². The van der Waals surface area contributed by atoms with E-state index >= 15 is 0 Å². The van der Waals surface area contributed by atoms with Gasteiger partial charge in [0.25, 0.3) is 11.8 Å². The van der Waals surface area contributed by atoms with E-state index in [1.165, 1.54) is 6.42 Å². The molecule has 1 saturated heterocycles. The van der Waals surface area contributed by atoms with Gasteiger partial charge >= 0.3 is 0 Å². The summed E-state index contributed by atoms with van der Waals surface area (Å²) in [6.45, 7) is 0. The summed E-state index contributed by atoms with van der Waals surface area (Å²) in [5.74, 6) is -0.654. The Morgan fingerprint density at radius 2 is 1.62 bits per heavy atom. The summed E-state index contributed by atoms with van der Waals surface area (Å²) in [7, 11) is 0. The zero-order chi connectivity index (χ0) is 11.5. The fourth-order valence-electron chi connectivity index (χ4n) is 2.23. The zero-order valence-corrected chi connectivity index (χ0v) is 9.03. The van der Waals surface area contributed by atoms with Gasteiger partial charge < -0.3 is 15.7 Å². The third-order valence-corrected chi connectivity index (χ3v) is 3.08. The Morgan fingerprint density at radius 3 is 2.19 bits per heavy atom. The summed E-state index contributed by atoms with van der Waals surface area (Å²) in [6, 6.07) is 0. The number of nitrogens with one attached hydrogen (secondary N) is 2. The Hall–Kier alpha value is -1.36. The van der Waals surface area contributed by atoms with Crippen LogP contribution in [0, 0.1) is 5.92 Å². The zero-order valence-electron chi connectivity index (χ0n) is 9.03. The monoisotopic (exact) mass is 224 g/mol. The Labute approximate surface area is 93.9 Å². The Balaban J connectivity index is 2.09. The molecule has 3 N–H and O–H groups in total. The lowest BCUT2D eigenvalue weighted by Gasteiger charge is -2.24. The van der Waals surface area contributed by atoms with E-state index in [1.807, 2.05) is 0 Å². The van der Waals surface area contributed by atoms with Crippen LogP contribution in [0.5, 0.6) is 0 Å². The molecule has 0 aromatic heterocycles. The predicted octanol–water partition coefficient (Wildman–Crippen LogP) is 0.0150. The van der Waals surface area contributed by atoms with Gasteiger partial charge in [-0.2, -0.15) is 0 Å². The molecule has 0 spiro atoms. The number of hydrogen-bond donors (Lipinski definition) is 3. The Kier molecular flexibility index (Phi) is 3.24. The molecule has 2 fully saturated rings. The average molecular weight is 224 g/mol. The molecule has 0 aromatic carbocycles. The quantitative estimate of drug-likeness (QED) is 0.434. The van der Waals surface area contributed by atoms with Crippen molar-refractivity contribution in [2.45, 2.75) is 38.5 Å². The molecule has 1 aliphatic carbocycles. The van der Waals surface area contributed by atoms with Crippen LogP contribution in [0.1, 0.15) is 32.1 Å². The Bertz CT molecular complexity index is 312. The fraction of sp³-hybridized carbons (Fsp3) is 0.636. The summed E-state index contributed by atoms with van der Waals surface area (Å²) >= 11 is 0. The lowest BCUT2D eigenvalue weighted by atomic mass is 9.87. The van der Waals surface area contributed by atoms with Gasteiger partial charge in [-0.1, -0.05) is 25.3 Å². The maximum absolute atomic E-state index is 11.5. The molecule has 1 heterocycles. The maximum atomic E-state index is 11.5. The van der Waals surface area contributed by atoms with Gasteiger partial charge in [0.05, 0.1) is 0 Å². The topological polar surface area (TPSA) is 78.4 Å². The van der Waals surface area contributed by atoms with Crippen LogP contribution in [-0.4, -0.2) is 23.3 Å². The molecule has 0 atom stereocenters. The summed E-state index contributed by atoms with van der Waals surface area (Å²) in [6.07, 6.45) is 6.09. The number of carbonyl (C=O) groups is 2. The van der Waals surface area contributed by atoms with Gasteiger partial charge in [-0.25, -0.2) is 0 Å². The first-order valence-corrected chi connectivity index (χ1v) is 5.68. The molecule has 1 saturated carbocycles. The van der Waals surface area contributed by atoms with Crippen LogP contribution < -0.4 is 10.6 Å². The first-order chi connectivity index (χ1) is 7.66. The summed E-state index contributed by atoms with van der Waals surface area (Å²) < 4.78 is 0. The highest BCUT2D eigenvalue weighted by Crippen LogP contribution is 2.25. The summed E-state index contributed by atoms with van der Waals surface area (Å²) in [5, 5.41) is 13.6. The van der Waals surface area contributed by atoms with E-state index in [4.69, 9.17) is 5.11 Å². The van der Waals surface area contributed by atoms with Crippen molar-refractivity contribution in [2.24, 2.45) is 5.92 Å². The van der Waals surface area contributed by atoms with Gasteiger partial charge in [-0.05, 0) is 18.8 Å². The number of rotatable bonds is 1. The Morgan fingerprint density at radius 1 is 1.06 bits per heavy atom. The number of allylic oxidation sites excluding steroid dienone is 1. The fourth-order valence-corrected chi connectivity index (χ4v) is 2.23. The highest BCUT2D eigenvalue weighted by atomic mass is 16.3. The minimum absolute atomic E-state index is 0.136. The number of aliphatic hydroxyl groups excluding tert-OH is 1. The summed E-state index contributed by atoms with van der Waals surface area (Å²) in [5.41, 5.74) is 0.136. The number of carbonyl (C=O) groups excluding carboxylic acids is 2. The van der Waals surface area contributed by atoms with E-state index in [1.54, 1.807) is 6.08 Å². The second-order valence-electron chi connectivity index (χ2n) is 4.33. The standard InChI is InChI=1S/C11H16N2O3/c14-9-8(10(15)13-11(16)12-9)6-7-4-2-1-3-5-7/h6-7,11,16H,1-5H2,(H,12,14)(H,13,15). The smallest absolute Gasteiger partial charge is 0.259 e. The number of hydrogen-bond acceptors (Lipinski definition) is 3. The molecule has 0 unspecified atom stereocenters. The number of amides is 2. The van der Waals surface area contributed by atoms with E-state index in [2.05, 4.69) is 10.6 Å². The van der Waals surface area contributed by atoms with E-state index in [9.17, 15) is 9.59 Å². The second kappa shape index (κ2) is 4.65. The minimum Gasteiger partial charge on any atom is -0.356 e. The van der Waals surface area contributed by atoms with Gasteiger partial charge in [0.2, 0.25) is 6.35 Å². The first-order valence-electron chi connectivity index (χ1n) is 5.68. The molecule has 5 heteroatoms. The molecule has 0 bridgehead atoms. The second-order valence-corrected chi connectivity index (χ2v) is 4.33.